The third kappa shape index (κ3) is 2.72. The molecule has 2 aliphatic rings. The van der Waals surface area contributed by atoms with E-state index in [-0.39, 0.29) is 17.9 Å². The maximum Gasteiger partial charge on any atom is 0.312 e. The Morgan fingerprint density at radius 2 is 2.17 bits per heavy atom. The second-order valence-electron chi connectivity index (χ2n) is 4.76. The van der Waals surface area contributed by atoms with Gasteiger partial charge in [0.25, 0.3) is 0 Å². The number of urea groups is 1. The number of amides is 4. The zero-order chi connectivity index (χ0) is 13.1. The number of piperidine rings is 1. The molecule has 18 heavy (non-hydrogen) atoms. The van der Waals surface area contributed by atoms with Gasteiger partial charge in [-0.2, -0.15) is 0 Å². The molecule has 0 bridgehead atoms. The van der Waals surface area contributed by atoms with Crippen molar-refractivity contribution in [1.29, 1.82) is 0 Å². The molecule has 0 spiro atoms. The number of likely N-dealkylation sites (tertiary alicyclic amines) is 1. The highest BCUT2D eigenvalue weighted by atomic mass is 16.2. The number of nitrogens with two attached hydrogens (primary N) is 1. The van der Waals surface area contributed by atoms with Crippen molar-refractivity contribution in [2.45, 2.75) is 25.3 Å². The molecule has 0 aliphatic carbocycles. The molecular formula is C11H18N4O3. The Bertz CT molecular complexity index is 371. The number of nitrogens with zero attached hydrogens (tertiary/aromatic N) is 1. The van der Waals surface area contributed by atoms with Crippen LogP contribution in [0.2, 0.25) is 0 Å². The Morgan fingerprint density at radius 1 is 1.39 bits per heavy atom. The number of carbonyl (C=O) groups excluding carboxylic acids is 3. The largest absolute Gasteiger partial charge is 0.355 e. The summed E-state index contributed by atoms with van der Waals surface area (Å²) in [6, 6.07) is -0.683. The van der Waals surface area contributed by atoms with Crippen LogP contribution in [0.5, 0.6) is 0 Å². The molecule has 0 radical (unpaired) electrons. The van der Waals surface area contributed by atoms with Crippen molar-refractivity contribution in [2.24, 2.45) is 11.7 Å². The Balaban J connectivity index is 1.93. The molecule has 0 aromatic rings. The molecule has 2 saturated heterocycles. The summed E-state index contributed by atoms with van der Waals surface area (Å²) in [5, 5.41) is 5.27. The van der Waals surface area contributed by atoms with Crippen LogP contribution < -0.4 is 16.4 Å². The number of primary amides is 1. The Labute approximate surface area is 105 Å². The summed E-state index contributed by atoms with van der Waals surface area (Å²) in [6.07, 6.45) is 2.18. The van der Waals surface area contributed by atoms with Gasteiger partial charge in [0, 0.05) is 25.7 Å². The van der Waals surface area contributed by atoms with E-state index in [1.54, 1.807) is 4.90 Å². The van der Waals surface area contributed by atoms with Crippen LogP contribution in [0.15, 0.2) is 0 Å². The lowest BCUT2D eigenvalue weighted by Crippen LogP contribution is -2.52. The fraction of sp³-hybridized carbons (Fsp3) is 0.727. The topological polar surface area (TPSA) is 105 Å². The number of hydrogen-bond donors (Lipinski definition) is 3. The molecule has 100 valence electrons. The summed E-state index contributed by atoms with van der Waals surface area (Å²) in [4.78, 5) is 36.1. The van der Waals surface area contributed by atoms with Crippen LogP contribution in [0.4, 0.5) is 4.79 Å². The lowest BCUT2D eigenvalue weighted by molar-refractivity contribution is -0.141. The van der Waals surface area contributed by atoms with Gasteiger partial charge in [-0.25, -0.2) is 4.79 Å². The van der Waals surface area contributed by atoms with Crippen LogP contribution in [0, 0.1) is 5.92 Å². The molecule has 4 amide bonds. The van der Waals surface area contributed by atoms with Crippen molar-refractivity contribution in [1.82, 2.24) is 15.5 Å². The van der Waals surface area contributed by atoms with E-state index >= 15 is 0 Å². The van der Waals surface area contributed by atoms with Gasteiger partial charge in [0.05, 0.1) is 0 Å². The Kier molecular flexibility index (Phi) is 3.69. The van der Waals surface area contributed by atoms with Gasteiger partial charge >= 0.3 is 6.03 Å². The highest BCUT2D eigenvalue weighted by molar-refractivity contribution is 6.01. The van der Waals surface area contributed by atoms with E-state index in [2.05, 4.69) is 10.6 Å². The highest BCUT2D eigenvalue weighted by Crippen LogP contribution is 2.17. The SMILES string of the molecule is NC(=O)N[C@@H]1CCCN(C(=O)C2CCNC2=O)C1. The number of nitrogens with one attached hydrogen (secondary N) is 2. The lowest BCUT2D eigenvalue weighted by Gasteiger charge is -2.33. The second-order valence-corrected chi connectivity index (χ2v) is 4.76. The van der Waals surface area contributed by atoms with Gasteiger partial charge < -0.3 is 21.3 Å². The fourth-order valence-corrected chi connectivity index (χ4v) is 2.55. The number of carbonyl (C=O) groups is 3. The molecule has 2 rings (SSSR count). The highest BCUT2D eigenvalue weighted by Gasteiger charge is 2.36. The molecule has 2 aliphatic heterocycles. The summed E-state index contributed by atoms with van der Waals surface area (Å²) in [5.74, 6) is -0.886. The van der Waals surface area contributed by atoms with Gasteiger partial charge in [0.1, 0.15) is 5.92 Å². The van der Waals surface area contributed by atoms with Gasteiger partial charge in [-0.15, -0.1) is 0 Å². The van der Waals surface area contributed by atoms with Crippen LogP contribution in [-0.4, -0.2) is 48.4 Å². The third-order valence-corrected chi connectivity index (χ3v) is 3.43. The quantitative estimate of drug-likeness (QED) is 0.538. The van der Waals surface area contributed by atoms with Crippen molar-refractivity contribution < 1.29 is 14.4 Å². The summed E-state index contributed by atoms with van der Waals surface area (Å²) in [7, 11) is 0. The standard InChI is InChI=1S/C11H18N4O3/c12-11(18)14-7-2-1-5-15(6-7)10(17)8-3-4-13-9(8)16/h7-8H,1-6H2,(H,13,16)(H3,12,14,18)/t7-,8?/m1/s1. The first kappa shape index (κ1) is 12.7. The van der Waals surface area contributed by atoms with Crippen molar-refractivity contribution in [3.05, 3.63) is 0 Å². The Morgan fingerprint density at radius 3 is 2.78 bits per heavy atom. The molecule has 0 aromatic carbocycles. The molecule has 7 nitrogen and oxygen atoms in total. The van der Waals surface area contributed by atoms with Crippen LogP contribution in [0.3, 0.4) is 0 Å². The molecule has 2 fully saturated rings. The second kappa shape index (κ2) is 5.24. The minimum atomic E-state index is -0.576. The zero-order valence-electron chi connectivity index (χ0n) is 10.1. The Hall–Kier alpha value is -1.79. The molecule has 7 heteroatoms. The van der Waals surface area contributed by atoms with Gasteiger partial charge in [0.15, 0.2) is 0 Å². The van der Waals surface area contributed by atoms with Gasteiger partial charge in [0.2, 0.25) is 11.8 Å². The molecule has 1 unspecified atom stereocenters. The minimum Gasteiger partial charge on any atom is -0.355 e. The summed E-state index contributed by atoms with van der Waals surface area (Å²) >= 11 is 0. The molecule has 2 atom stereocenters. The average molecular weight is 254 g/mol. The van der Waals surface area contributed by atoms with Gasteiger partial charge in [-0.3, -0.25) is 9.59 Å². The maximum atomic E-state index is 12.2. The zero-order valence-corrected chi connectivity index (χ0v) is 10.1. The number of hydrogen-bond acceptors (Lipinski definition) is 3. The minimum absolute atomic E-state index is 0.107. The predicted molar refractivity (Wildman–Crippen MR) is 63.4 cm³/mol. The van der Waals surface area contributed by atoms with E-state index in [0.29, 0.717) is 26.1 Å². The van der Waals surface area contributed by atoms with Crippen molar-refractivity contribution >= 4 is 17.8 Å². The van der Waals surface area contributed by atoms with Crippen LogP contribution in [0.1, 0.15) is 19.3 Å². The lowest BCUT2D eigenvalue weighted by atomic mass is 10.0. The van der Waals surface area contributed by atoms with Gasteiger partial charge in [-0.05, 0) is 19.3 Å². The molecule has 0 aromatic heterocycles. The van der Waals surface area contributed by atoms with E-state index < -0.39 is 11.9 Å². The fourth-order valence-electron chi connectivity index (χ4n) is 2.55. The van der Waals surface area contributed by atoms with E-state index in [4.69, 9.17) is 5.73 Å². The average Bonchev–Trinajstić information content (AvgIpc) is 2.74. The van der Waals surface area contributed by atoms with E-state index in [1.807, 2.05) is 0 Å². The first-order valence-electron chi connectivity index (χ1n) is 6.20. The predicted octanol–water partition coefficient (Wildman–Crippen LogP) is -1.22. The summed E-state index contributed by atoms with van der Waals surface area (Å²) in [6.45, 7) is 1.64. The van der Waals surface area contributed by atoms with Crippen molar-refractivity contribution in [3.63, 3.8) is 0 Å². The summed E-state index contributed by atoms with van der Waals surface area (Å²) < 4.78 is 0. The first-order chi connectivity index (χ1) is 8.58. The van der Waals surface area contributed by atoms with Crippen molar-refractivity contribution in [2.75, 3.05) is 19.6 Å². The molecule has 2 heterocycles. The van der Waals surface area contributed by atoms with Crippen LogP contribution >= 0.6 is 0 Å². The van der Waals surface area contributed by atoms with Crippen LogP contribution in [0.25, 0.3) is 0 Å². The summed E-state index contributed by atoms with van der Waals surface area (Å²) in [5.41, 5.74) is 5.07. The monoisotopic (exact) mass is 254 g/mol. The normalized spacial score (nSPS) is 27.8. The van der Waals surface area contributed by atoms with E-state index in [0.717, 1.165) is 12.8 Å². The third-order valence-electron chi connectivity index (χ3n) is 3.43. The van der Waals surface area contributed by atoms with Crippen molar-refractivity contribution in [3.8, 4) is 0 Å². The molecule has 0 saturated carbocycles. The van der Waals surface area contributed by atoms with Crippen LogP contribution in [-0.2, 0) is 9.59 Å². The number of rotatable bonds is 2. The van der Waals surface area contributed by atoms with Gasteiger partial charge in [-0.1, -0.05) is 0 Å². The molecular weight excluding hydrogens is 236 g/mol. The van der Waals surface area contributed by atoms with E-state index in [1.165, 1.54) is 0 Å². The molecule has 4 N–H and O–H groups in total. The van der Waals surface area contributed by atoms with E-state index in [9.17, 15) is 14.4 Å². The smallest absolute Gasteiger partial charge is 0.312 e. The maximum absolute atomic E-state index is 12.2. The first-order valence-corrected chi connectivity index (χ1v) is 6.20.